The van der Waals surface area contributed by atoms with Crippen molar-refractivity contribution in [3.8, 4) is 0 Å². The molecule has 116 valence electrons. The molecule has 0 spiro atoms. The highest BCUT2D eigenvalue weighted by Gasteiger charge is 2.25. The van der Waals surface area contributed by atoms with Crippen LogP contribution in [0.15, 0.2) is 18.2 Å². The van der Waals surface area contributed by atoms with Crippen molar-refractivity contribution in [2.75, 3.05) is 19.6 Å². The lowest BCUT2D eigenvalue weighted by molar-refractivity contribution is 0.0656. The molecular weight excluding hydrogens is 260 g/mol. The van der Waals surface area contributed by atoms with E-state index in [-0.39, 0.29) is 11.9 Å². The molecule has 2 rings (SSSR count). The van der Waals surface area contributed by atoms with Crippen LogP contribution in [0.5, 0.6) is 0 Å². The maximum Gasteiger partial charge on any atom is 0.254 e. The van der Waals surface area contributed by atoms with Crippen LogP contribution in [-0.4, -0.2) is 36.5 Å². The Balaban J connectivity index is 2.19. The Kier molecular flexibility index (Phi) is 5.40. The Labute approximate surface area is 128 Å². The molecule has 0 radical (unpaired) electrons. The molecule has 1 N–H and O–H groups in total. The molecular formula is C18H28N2O. The summed E-state index contributed by atoms with van der Waals surface area (Å²) in [7, 11) is 0. The SMILES string of the molecule is Cc1cccc(C)c1C(=O)N(CC1CCNCC1)C(C)C. The second-order valence-corrected chi connectivity index (χ2v) is 6.51. The van der Waals surface area contributed by atoms with Gasteiger partial charge in [0.05, 0.1) is 0 Å². The Bertz CT molecular complexity index is 470. The predicted molar refractivity (Wildman–Crippen MR) is 87.7 cm³/mol. The van der Waals surface area contributed by atoms with Crippen LogP contribution in [0.4, 0.5) is 0 Å². The molecule has 0 atom stereocenters. The maximum atomic E-state index is 13.0. The van der Waals surface area contributed by atoms with Crippen molar-refractivity contribution in [1.82, 2.24) is 10.2 Å². The van der Waals surface area contributed by atoms with E-state index < -0.39 is 0 Å². The summed E-state index contributed by atoms with van der Waals surface area (Å²) < 4.78 is 0. The molecule has 1 aromatic rings. The van der Waals surface area contributed by atoms with E-state index in [2.05, 4.69) is 24.1 Å². The Morgan fingerprint density at radius 2 is 1.81 bits per heavy atom. The lowest BCUT2D eigenvalue weighted by Gasteiger charge is -2.33. The monoisotopic (exact) mass is 288 g/mol. The van der Waals surface area contributed by atoms with Gasteiger partial charge < -0.3 is 10.2 Å². The Hall–Kier alpha value is -1.35. The number of amides is 1. The molecule has 0 saturated carbocycles. The highest BCUT2D eigenvalue weighted by atomic mass is 16.2. The number of hydrogen-bond donors (Lipinski definition) is 1. The minimum atomic E-state index is 0.194. The summed E-state index contributed by atoms with van der Waals surface area (Å²) in [6.07, 6.45) is 2.34. The number of carbonyl (C=O) groups excluding carboxylic acids is 1. The molecule has 1 aromatic carbocycles. The number of nitrogens with zero attached hydrogens (tertiary/aromatic N) is 1. The Morgan fingerprint density at radius 1 is 1.24 bits per heavy atom. The average molecular weight is 288 g/mol. The second kappa shape index (κ2) is 7.08. The third-order valence-corrected chi connectivity index (χ3v) is 4.49. The number of benzene rings is 1. The zero-order valence-corrected chi connectivity index (χ0v) is 13.8. The molecule has 1 amide bonds. The molecule has 0 aliphatic carbocycles. The van der Waals surface area contributed by atoms with Crippen LogP contribution in [0.2, 0.25) is 0 Å². The fraction of sp³-hybridized carbons (Fsp3) is 0.611. The number of rotatable bonds is 4. The van der Waals surface area contributed by atoms with Crippen molar-refractivity contribution in [2.24, 2.45) is 5.92 Å². The lowest BCUT2D eigenvalue weighted by Crippen LogP contribution is -2.43. The van der Waals surface area contributed by atoms with Crippen molar-refractivity contribution in [3.05, 3.63) is 34.9 Å². The highest BCUT2D eigenvalue weighted by Crippen LogP contribution is 2.21. The quantitative estimate of drug-likeness (QED) is 0.923. The number of piperidine rings is 1. The van der Waals surface area contributed by atoms with Crippen molar-refractivity contribution in [2.45, 2.75) is 46.6 Å². The fourth-order valence-electron chi connectivity index (χ4n) is 3.17. The molecule has 1 heterocycles. The van der Waals surface area contributed by atoms with Crippen molar-refractivity contribution in [3.63, 3.8) is 0 Å². The van der Waals surface area contributed by atoms with Gasteiger partial charge in [-0.15, -0.1) is 0 Å². The smallest absolute Gasteiger partial charge is 0.254 e. The first kappa shape index (κ1) is 16.0. The van der Waals surface area contributed by atoms with Gasteiger partial charge in [0.15, 0.2) is 0 Å². The van der Waals surface area contributed by atoms with Gasteiger partial charge in [0.2, 0.25) is 0 Å². The first-order valence-corrected chi connectivity index (χ1v) is 8.08. The van der Waals surface area contributed by atoms with E-state index in [1.54, 1.807) is 0 Å². The van der Waals surface area contributed by atoms with E-state index >= 15 is 0 Å². The number of aryl methyl sites for hydroxylation is 2. The van der Waals surface area contributed by atoms with Gasteiger partial charge in [0, 0.05) is 18.2 Å². The van der Waals surface area contributed by atoms with Crippen molar-refractivity contribution >= 4 is 5.91 Å². The molecule has 3 heteroatoms. The molecule has 0 bridgehead atoms. The summed E-state index contributed by atoms with van der Waals surface area (Å²) in [5, 5.41) is 3.39. The summed E-state index contributed by atoms with van der Waals surface area (Å²) in [5.41, 5.74) is 3.05. The molecule has 1 fully saturated rings. The Morgan fingerprint density at radius 3 is 2.33 bits per heavy atom. The van der Waals surface area contributed by atoms with Crippen LogP contribution in [0.1, 0.15) is 48.2 Å². The molecule has 21 heavy (non-hydrogen) atoms. The molecule has 1 aliphatic heterocycles. The van der Waals surface area contributed by atoms with Crippen LogP contribution in [0, 0.1) is 19.8 Å². The molecule has 1 saturated heterocycles. The van der Waals surface area contributed by atoms with E-state index in [0.29, 0.717) is 5.92 Å². The van der Waals surface area contributed by atoms with E-state index in [1.165, 1.54) is 12.8 Å². The number of carbonyl (C=O) groups is 1. The normalized spacial score (nSPS) is 16.2. The molecule has 1 aliphatic rings. The second-order valence-electron chi connectivity index (χ2n) is 6.51. The third-order valence-electron chi connectivity index (χ3n) is 4.49. The fourth-order valence-corrected chi connectivity index (χ4v) is 3.17. The van der Waals surface area contributed by atoms with Gasteiger partial charge in [0.1, 0.15) is 0 Å². The minimum Gasteiger partial charge on any atom is -0.336 e. The number of hydrogen-bond acceptors (Lipinski definition) is 2. The average Bonchev–Trinajstić information content (AvgIpc) is 2.45. The zero-order valence-electron chi connectivity index (χ0n) is 13.8. The van der Waals surface area contributed by atoms with E-state index in [0.717, 1.165) is 36.3 Å². The van der Waals surface area contributed by atoms with Gasteiger partial charge in [-0.25, -0.2) is 0 Å². The van der Waals surface area contributed by atoms with Crippen LogP contribution in [0.3, 0.4) is 0 Å². The standard InChI is InChI=1S/C18H28N2O/c1-13(2)20(12-16-8-10-19-11-9-16)18(21)17-14(3)6-5-7-15(17)4/h5-7,13,16,19H,8-12H2,1-4H3. The highest BCUT2D eigenvalue weighted by molar-refractivity contribution is 5.97. The summed E-state index contributed by atoms with van der Waals surface area (Å²) in [6, 6.07) is 6.33. The van der Waals surface area contributed by atoms with Gasteiger partial charge >= 0.3 is 0 Å². The van der Waals surface area contributed by atoms with Gasteiger partial charge in [-0.05, 0) is 70.7 Å². The first-order chi connectivity index (χ1) is 10.0. The van der Waals surface area contributed by atoms with Crippen LogP contribution >= 0.6 is 0 Å². The van der Waals surface area contributed by atoms with Gasteiger partial charge in [0.25, 0.3) is 5.91 Å². The number of nitrogens with one attached hydrogen (secondary N) is 1. The van der Waals surface area contributed by atoms with Crippen LogP contribution < -0.4 is 5.32 Å². The maximum absolute atomic E-state index is 13.0. The van der Waals surface area contributed by atoms with Crippen molar-refractivity contribution in [1.29, 1.82) is 0 Å². The van der Waals surface area contributed by atoms with Gasteiger partial charge in [-0.3, -0.25) is 4.79 Å². The zero-order chi connectivity index (χ0) is 15.4. The summed E-state index contributed by atoms with van der Waals surface area (Å²) in [5.74, 6) is 0.820. The summed E-state index contributed by atoms with van der Waals surface area (Å²) in [4.78, 5) is 15.1. The van der Waals surface area contributed by atoms with Crippen LogP contribution in [0.25, 0.3) is 0 Å². The van der Waals surface area contributed by atoms with Gasteiger partial charge in [-0.2, -0.15) is 0 Å². The molecule has 3 nitrogen and oxygen atoms in total. The van der Waals surface area contributed by atoms with Crippen molar-refractivity contribution < 1.29 is 4.79 Å². The van der Waals surface area contributed by atoms with Crippen LogP contribution in [-0.2, 0) is 0 Å². The topological polar surface area (TPSA) is 32.3 Å². The lowest BCUT2D eigenvalue weighted by atomic mass is 9.95. The minimum absolute atomic E-state index is 0.194. The third kappa shape index (κ3) is 3.85. The largest absolute Gasteiger partial charge is 0.336 e. The first-order valence-electron chi connectivity index (χ1n) is 8.08. The summed E-state index contributed by atoms with van der Waals surface area (Å²) in [6.45, 7) is 11.3. The van der Waals surface area contributed by atoms with E-state index in [1.807, 2.05) is 32.0 Å². The summed E-state index contributed by atoms with van der Waals surface area (Å²) >= 11 is 0. The van der Waals surface area contributed by atoms with E-state index in [4.69, 9.17) is 0 Å². The van der Waals surface area contributed by atoms with E-state index in [9.17, 15) is 4.79 Å². The predicted octanol–water partition coefficient (Wildman–Crippen LogP) is 3.15. The molecule has 0 unspecified atom stereocenters. The van der Waals surface area contributed by atoms with Gasteiger partial charge in [-0.1, -0.05) is 18.2 Å². The molecule has 0 aromatic heterocycles.